The summed E-state index contributed by atoms with van der Waals surface area (Å²) in [5, 5.41) is 6.99. The van der Waals surface area contributed by atoms with Crippen molar-refractivity contribution in [1.82, 2.24) is 10.6 Å². The lowest BCUT2D eigenvalue weighted by Crippen LogP contribution is -2.48. The van der Waals surface area contributed by atoms with E-state index in [-0.39, 0.29) is 4.75 Å². The van der Waals surface area contributed by atoms with Crippen molar-refractivity contribution in [2.45, 2.75) is 37.4 Å². The average molecular weight is 378 g/mol. The van der Waals surface area contributed by atoms with Gasteiger partial charge in [-0.2, -0.15) is 11.8 Å². The minimum atomic E-state index is 0.268. The molecule has 2 aliphatic rings. The molecule has 144 valence electrons. The summed E-state index contributed by atoms with van der Waals surface area (Å²) in [6.45, 7) is 6.58. The van der Waals surface area contributed by atoms with Gasteiger partial charge in [-0.25, -0.2) is 0 Å². The maximum Gasteiger partial charge on any atom is 0.191 e. The number of ether oxygens (including phenoxy) is 2. The summed E-state index contributed by atoms with van der Waals surface area (Å²) in [6.07, 6.45) is 4.22. The Labute approximate surface area is 161 Å². The molecule has 6 heteroatoms. The first kappa shape index (κ1) is 19.4. The smallest absolute Gasteiger partial charge is 0.191 e. The summed E-state index contributed by atoms with van der Waals surface area (Å²) in [7, 11) is 1.84. The number of nitrogens with one attached hydrogen (secondary N) is 2. The highest BCUT2D eigenvalue weighted by atomic mass is 32.2. The molecule has 0 saturated carbocycles. The van der Waals surface area contributed by atoms with Crippen molar-refractivity contribution in [1.29, 1.82) is 0 Å². The summed E-state index contributed by atoms with van der Waals surface area (Å²) in [6, 6.07) is 6.54. The second kappa shape index (κ2) is 9.51. The van der Waals surface area contributed by atoms with Gasteiger partial charge in [0.15, 0.2) is 5.96 Å². The van der Waals surface area contributed by atoms with Gasteiger partial charge in [-0.05, 0) is 42.2 Å². The molecule has 3 rings (SSSR count). The van der Waals surface area contributed by atoms with Gasteiger partial charge in [0.1, 0.15) is 5.75 Å². The zero-order valence-corrected chi connectivity index (χ0v) is 16.8. The number of benzene rings is 1. The van der Waals surface area contributed by atoms with Gasteiger partial charge in [0, 0.05) is 44.5 Å². The van der Waals surface area contributed by atoms with Crippen LogP contribution in [0.2, 0.25) is 0 Å². The van der Waals surface area contributed by atoms with Crippen LogP contribution >= 0.6 is 11.8 Å². The molecule has 2 aliphatic heterocycles. The van der Waals surface area contributed by atoms with Crippen LogP contribution in [-0.2, 0) is 17.6 Å². The topological polar surface area (TPSA) is 54.9 Å². The van der Waals surface area contributed by atoms with Crippen LogP contribution in [0.4, 0.5) is 0 Å². The first-order valence-electron chi connectivity index (χ1n) is 9.65. The molecule has 1 fully saturated rings. The fraction of sp³-hybridized carbons (Fsp3) is 0.650. The molecular weight excluding hydrogens is 346 g/mol. The van der Waals surface area contributed by atoms with Gasteiger partial charge in [0.2, 0.25) is 0 Å². The van der Waals surface area contributed by atoms with Gasteiger partial charge < -0.3 is 20.1 Å². The lowest BCUT2D eigenvalue weighted by molar-refractivity contribution is 0.0782. The van der Waals surface area contributed by atoms with Crippen LogP contribution in [0.1, 0.15) is 30.9 Å². The highest BCUT2D eigenvalue weighted by Crippen LogP contribution is 2.34. The Morgan fingerprint density at radius 2 is 2.08 bits per heavy atom. The van der Waals surface area contributed by atoms with Crippen LogP contribution in [0.5, 0.6) is 5.75 Å². The first-order valence-corrected chi connectivity index (χ1v) is 10.6. The van der Waals surface area contributed by atoms with Gasteiger partial charge in [0.05, 0.1) is 6.61 Å². The van der Waals surface area contributed by atoms with Crippen LogP contribution < -0.4 is 15.4 Å². The lowest BCUT2D eigenvalue weighted by atomic mass is 9.99. The van der Waals surface area contributed by atoms with Crippen LogP contribution in [0, 0.1) is 0 Å². The fourth-order valence-corrected chi connectivity index (χ4v) is 4.85. The molecule has 0 unspecified atom stereocenters. The molecule has 26 heavy (non-hydrogen) atoms. The predicted molar refractivity (Wildman–Crippen MR) is 110 cm³/mol. The van der Waals surface area contributed by atoms with Crippen LogP contribution in [0.25, 0.3) is 0 Å². The van der Waals surface area contributed by atoms with E-state index in [1.54, 1.807) is 0 Å². The van der Waals surface area contributed by atoms with Crippen molar-refractivity contribution in [2.24, 2.45) is 4.99 Å². The highest BCUT2D eigenvalue weighted by Gasteiger charge is 2.32. The minimum absolute atomic E-state index is 0.268. The zero-order valence-electron chi connectivity index (χ0n) is 16.0. The molecule has 1 saturated heterocycles. The summed E-state index contributed by atoms with van der Waals surface area (Å²) >= 11 is 2.05. The number of fused-ring (bicyclic) bond motifs is 1. The highest BCUT2D eigenvalue weighted by molar-refractivity contribution is 8.00. The van der Waals surface area contributed by atoms with E-state index >= 15 is 0 Å². The summed E-state index contributed by atoms with van der Waals surface area (Å²) < 4.78 is 11.4. The number of hydrogen-bond acceptors (Lipinski definition) is 4. The normalized spacial score (nSPS) is 18.9. The number of thioether (sulfide) groups is 1. The SMILES string of the molecule is CCSC1(CNC(=NC)NCCc2ccc3c(c2)CCO3)CCOCC1. The summed E-state index contributed by atoms with van der Waals surface area (Å²) in [5.41, 5.74) is 2.68. The molecule has 0 spiro atoms. The Kier molecular flexibility index (Phi) is 7.08. The first-order chi connectivity index (χ1) is 12.7. The third-order valence-corrected chi connectivity index (χ3v) is 6.57. The lowest BCUT2D eigenvalue weighted by Gasteiger charge is -2.37. The van der Waals surface area contributed by atoms with E-state index in [9.17, 15) is 0 Å². The molecule has 0 amide bonds. The largest absolute Gasteiger partial charge is 0.493 e. The van der Waals surface area contributed by atoms with E-state index in [1.807, 2.05) is 18.8 Å². The molecule has 1 aromatic carbocycles. The summed E-state index contributed by atoms with van der Waals surface area (Å²) in [4.78, 5) is 4.39. The molecule has 0 aromatic heterocycles. The Morgan fingerprint density at radius 1 is 1.23 bits per heavy atom. The number of guanidine groups is 1. The predicted octanol–water partition coefficient (Wildman–Crippen LogP) is 2.63. The molecule has 1 aromatic rings. The van der Waals surface area contributed by atoms with Crippen molar-refractivity contribution < 1.29 is 9.47 Å². The molecule has 5 nitrogen and oxygen atoms in total. The van der Waals surface area contributed by atoms with Crippen molar-refractivity contribution in [3.8, 4) is 5.75 Å². The third-order valence-electron chi connectivity index (χ3n) is 5.12. The van der Waals surface area contributed by atoms with E-state index in [4.69, 9.17) is 9.47 Å². The Bertz CT molecular complexity index is 610. The second-order valence-corrected chi connectivity index (χ2v) is 8.60. The van der Waals surface area contributed by atoms with E-state index in [2.05, 4.69) is 40.7 Å². The second-order valence-electron chi connectivity index (χ2n) is 6.87. The number of aliphatic imine (C=N–C) groups is 1. The maximum absolute atomic E-state index is 5.58. The number of rotatable bonds is 7. The quantitative estimate of drug-likeness (QED) is 0.565. The Balaban J connectivity index is 1.45. The van der Waals surface area contributed by atoms with Crippen LogP contribution in [-0.4, -0.2) is 56.4 Å². The van der Waals surface area contributed by atoms with Crippen molar-refractivity contribution >= 4 is 17.7 Å². The molecule has 0 atom stereocenters. The standard InChI is InChI=1S/C20H31N3O2S/c1-3-26-20(8-12-24-13-9-20)15-23-19(21-2)22-10-6-16-4-5-18-17(14-16)7-11-25-18/h4-5,14H,3,6-13,15H2,1-2H3,(H2,21,22,23). The molecule has 2 heterocycles. The van der Waals surface area contributed by atoms with E-state index < -0.39 is 0 Å². The summed E-state index contributed by atoms with van der Waals surface area (Å²) in [5.74, 6) is 3.07. The van der Waals surface area contributed by atoms with Gasteiger partial charge in [-0.15, -0.1) is 0 Å². The number of hydrogen-bond donors (Lipinski definition) is 2. The van der Waals surface area contributed by atoms with Gasteiger partial charge in [0.25, 0.3) is 0 Å². The molecule has 0 radical (unpaired) electrons. The maximum atomic E-state index is 5.58. The molecule has 0 bridgehead atoms. The molecule has 0 aliphatic carbocycles. The van der Waals surface area contributed by atoms with Crippen molar-refractivity contribution in [3.05, 3.63) is 29.3 Å². The fourth-order valence-electron chi connectivity index (χ4n) is 3.61. The van der Waals surface area contributed by atoms with Gasteiger partial charge in [-0.1, -0.05) is 19.1 Å². The van der Waals surface area contributed by atoms with E-state index in [0.29, 0.717) is 0 Å². The molecular formula is C20H31N3O2S. The van der Waals surface area contributed by atoms with Crippen LogP contribution in [0.15, 0.2) is 23.2 Å². The van der Waals surface area contributed by atoms with E-state index in [1.165, 1.54) is 11.1 Å². The van der Waals surface area contributed by atoms with Crippen molar-refractivity contribution in [2.75, 3.05) is 45.7 Å². The number of nitrogens with zero attached hydrogens (tertiary/aromatic N) is 1. The Morgan fingerprint density at radius 3 is 2.85 bits per heavy atom. The monoisotopic (exact) mass is 377 g/mol. The third kappa shape index (κ3) is 5.07. The zero-order chi connectivity index (χ0) is 18.2. The Hall–Kier alpha value is -1.40. The van der Waals surface area contributed by atoms with Gasteiger partial charge >= 0.3 is 0 Å². The van der Waals surface area contributed by atoms with Crippen molar-refractivity contribution in [3.63, 3.8) is 0 Å². The van der Waals surface area contributed by atoms with Crippen LogP contribution in [0.3, 0.4) is 0 Å². The van der Waals surface area contributed by atoms with Gasteiger partial charge in [-0.3, -0.25) is 4.99 Å². The molecule has 2 N–H and O–H groups in total. The van der Waals surface area contributed by atoms with E-state index in [0.717, 1.165) is 76.1 Å². The minimum Gasteiger partial charge on any atom is -0.493 e. The average Bonchev–Trinajstić information content (AvgIpc) is 3.13.